The van der Waals surface area contributed by atoms with Crippen molar-refractivity contribution in [1.29, 1.82) is 0 Å². The molecule has 4 rings (SSSR count). The SMILES string of the molecule is O=C(COc1ccc2ccc(=O)oc2c1)Nc1nc(-c2cccc(C(F)(F)F)c2)cs1. The molecule has 0 radical (unpaired) electrons. The zero-order valence-corrected chi connectivity index (χ0v) is 16.4. The van der Waals surface area contributed by atoms with Crippen LogP contribution in [0.2, 0.25) is 0 Å². The molecule has 0 aliphatic heterocycles. The molecule has 0 saturated carbocycles. The second kappa shape index (κ2) is 8.23. The van der Waals surface area contributed by atoms with E-state index in [1.165, 1.54) is 24.3 Å². The molecule has 0 saturated heterocycles. The molecule has 31 heavy (non-hydrogen) atoms. The number of halogens is 3. The Bertz CT molecular complexity index is 1310. The van der Waals surface area contributed by atoms with E-state index in [1.54, 1.807) is 23.6 Å². The van der Waals surface area contributed by atoms with Crippen LogP contribution >= 0.6 is 11.3 Å². The predicted molar refractivity (Wildman–Crippen MR) is 109 cm³/mol. The minimum atomic E-state index is -4.45. The number of ether oxygens (including phenoxy) is 1. The van der Waals surface area contributed by atoms with Gasteiger partial charge in [-0.2, -0.15) is 13.2 Å². The number of hydrogen-bond donors (Lipinski definition) is 1. The Labute approximate surface area is 176 Å². The second-order valence-corrected chi connectivity index (χ2v) is 7.27. The average molecular weight is 446 g/mol. The van der Waals surface area contributed by atoms with Crippen molar-refractivity contribution in [3.8, 4) is 17.0 Å². The maximum Gasteiger partial charge on any atom is 0.416 e. The molecule has 0 aliphatic carbocycles. The van der Waals surface area contributed by atoms with E-state index in [0.29, 0.717) is 28.0 Å². The number of benzene rings is 2. The highest BCUT2D eigenvalue weighted by atomic mass is 32.1. The van der Waals surface area contributed by atoms with Gasteiger partial charge in [0.05, 0.1) is 11.3 Å². The fourth-order valence-electron chi connectivity index (χ4n) is 2.75. The Morgan fingerprint density at radius 1 is 1.13 bits per heavy atom. The largest absolute Gasteiger partial charge is 0.484 e. The lowest BCUT2D eigenvalue weighted by atomic mass is 10.1. The highest BCUT2D eigenvalue weighted by molar-refractivity contribution is 7.14. The molecular weight excluding hydrogens is 433 g/mol. The van der Waals surface area contributed by atoms with Crippen molar-refractivity contribution >= 4 is 33.3 Å². The summed E-state index contributed by atoms with van der Waals surface area (Å²) in [6, 6.07) is 12.5. The van der Waals surface area contributed by atoms with Crippen molar-refractivity contribution in [2.24, 2.45) is 0 Å². The summed E-state index contributed by atoms with van der Waals surface area (Å²) < 4.78 is 49.1. The van der Waals surface area contributed by atoms with Crippen LogP contribution in [0.4, 0.5) is 18.3 Å². The van der Waals surface area contributed by atoms with Crippen molar-refractivity contribution in [3.63, 3.8) is 0 Å². The Morgan fingerprint density at radius 3 is 2.74 bits per heavy atom. The van der Waals surface area contributed by atoms with Crippen LogP contribution in [0.25, 0.3) is 22.2 Å². The molecule has 2 aromatic carbocycles. The fraction of sp³-hybridized carbons (Fsp3) is 0.0952. The quantitative estimate of drug-likeness (QED) is 0.439. The van der Waals surface area contributed by atoms with Crippen molar-refractivity contribution in [1.82, 2.24) is 4.98 Å². The molecule has 2 aromatic heterocycles. The Kier molecular flexibility index (Phi) is 5.47. The summed E-state index contributed by atoms with van der Waals surface area (Å²) in [4.78, 5) is 27.6. The summed E-state index contributed by atoms with van der Waals surface area (Å²) in [6.45, 7) is -0.332. The normalized spacial score (nSPS) is 11.5. The van der Waals surface area contributed by atoms with Gasteiger partial charge in [0, 0.05) is 28.5 Å². The number of carbonyl (C=O) groups excluding carboxylic acids is 1. The third-order valence-corrected chi connectivity index (χ3v) is 4.96. The monoisotopic (exact) mass is 446 g/mol. The number of nitrogens with one attached hydrogen (secondary N) is 1. The molecule has 6 nitrogen and oxygen atoms in total. The topological polar surface area (TPSA) is 81.4 Å². The molecule has 158 valence electrons. The second-order valence-electron chi connectivity index (χ2n) is 6.41. The van der Waals surface area contributed by atoms with Crippen LogP contribution < -0.4 is 15.7 Å². The molecule has 4 aromatic rings. The molecule has 0 fully saturated rings. The number of aromatic nitrogens is 1. The van der Waals surface area contributed by atoms with E-state index in [9.17, 15) is 22.8 Å². The van der Waals surface area contributed by atoms with Crippen LogP contribution in [0.3, 0.4) is 0 Å². The first-order valence-corrected chi connectivity index (χ1v) is 9.76. The summed E-state index contributed by atoms with van der Waals surface area (Å²) in [5, 5.41) is 5.03. The third-order valence-electron chi connectivity index (χ3n) is 4.20. The summed E-state index contributed by atoms with van der Waals surface area (Å²) in [5.41, 5.74) is -0.334. The minimum Gasteiger partial charge on any atom is -0.484 e. The van der Waals surface area contributed by atoms with Crippen LogP contribution in [0, 0.1) is 0 Å². The van der Waals surface area contributed by atoms with Crippen LogP contribution in [0.5, 0.6) is 5.75 Å². The Morgan fingerprint density at radius 2 is 1.94 bits per heavy atom. The first kappa shape index (κ1) is 20.6. The molecule has 0 bridgehead atoms. The number of hydrogen-bond acceptors (Lipinski definition) is 6. The lowest BCUT2D eigenvalue weighted by molar-refractivity contribution is -0.137. The van der Waals surface area contributed by atoms with Gasteiger partial charge in [-0.05, 0) is 30.3 Å². The first-order valence-electron chi connectivity index (χ1n) is 8.88. The predicted octanol–water partition coefficient (Wildman–Crippen LogP) is 4.95. The molecule has 0 unspecified atom stereocenters. The highest BCUT2D eigenvalue weighted by Gasteiger charge is 2.30. The van der Waals surface area contributed by atoms with E-state index in [0.717, 1.165) is 23.5 Å². The number of rotatable bonds is 5. The molecule has 0 atom stereocenters. The van der Waals surface area contributed by atoms with Gasteiger partial charge >= 0.3 is 11.8 Å². The fourth-order valence-corrected chi connectivity index (χ4v) is 3.49. The summed E-state index contributed by atoms with van der Waals surface area (Å²) in [5.74, 6) is -0.166. The number of alkyl halides is 3. The van der Waals surface area contributed by atoms with Gasteiger partial charge in [-0.1, -0.05) is 12.1 Å². The summed E-state index contributed by atoms with van der Waals surface area (Å²) in [7, 11) is 0. The zero-order chi connectivity index (χ0) is 22.0. The van der Waals surface area contributed by atoms with Gasteiger partial charge in [0.15, 0.2) is 11.7 Å². The van der Waals surface area contributed by atoms with Gasteiger partial charge in [-0.15, -0.1) is 11.3 Å². The van der Waals surface area contributed by atoms with E-state index in [4.69, 9.17) is 9.15 Å². The van der Waals surface area contributed by atoms with Crippen LogP contribution in [-0.4, -0.2) is 17.5 Å². The van der Waals surface area contributed by atoms with E-state index < -0.39 is 23.3 Å². The standard InChI is InChI=1S/C21H13F3N2O4S/c22-21(23,24)14-3-1-2-13(8-14)16-11-31-20(25-16)26-18(27)10-29-15-6-4-12-5-7-19(28)30-17(12)9-15/h1-9,11H,10H2,(H,25,26,27). The number of nitrogens with zero attached hydrogens (tertiary/aromatic N) is 1. The number of thiazole rings is 1. The molecule has 2 heterocycles. The molecule has 10 heteroatoms. The first-order chi connectivity index (χ1) is 14.8. The summed E-state index contributed by atoms with van der Waals surface area (Å²) >= 11 is 1.08. The lowest BCUT2D eigenvalue weighted by Crippen LogP contribution is -2.20. The van der Waals surface area contributed by atoms with E-state index in [1.807, 2.05) is 0 Å². The zero-order valence-electron chi connectivity index (χ0n) is 15.6. The number of fused-ring (bicyclic) bond motifs is 1. The summed E-state index contributed by atoms with van der Waals surface area (Å²) in [6.07, 6.45) is -4.45. The molecule has 1 N–H and O–H groups in total. The van der Waals surface area contributed by atoms with Crippen molar-refractivity contribution in [2.45, 2.75) is 6.18 Å². The number of amides is 1. The van der Waals surface area contributed by atoms with Gasteiger partial charge < -0.3 is 9.15 Å². The Balaban J connectivity index is 1.40. The van der Waals surface area contributed by atoms with Gasteiger partial charge in [-0.3, -0.25) is 10.1 Å². The maximum absolute atomic E-state index is 12.9. The van der Waals surface area contributed by atoms with Crippen molar-refractivity contribution in [2.75, 3.05) is 11.9 Å². The number of carbonyl (C=O) groups is 1. The van der Waals surface area contributed by atoms with E-state index in [-0.39, 0.29) is 11.7 Å². The van der Waals surface area contributed by atoms with Crippen LogP contribution in [0.15, 0.2) is 69.2 Å². The maximum atomic E-state index is 12.9. The third kappa shape index (κ3) is 4.92. The highest BCUT2D eigenvalue weighted by Crippen LogP contribution is 2.33. The van der Waals surface area contributed by atoms with Crippen molar-refractivity contribution in [3.05, 3.63) is 76.0 Å². The van der Waals surface area contributed by atoms with Gasteiger partial charge in [-0.25, -0.2) is 9.78 Å². The van der Waals surface area contributed by atoms with Crippen LogP contribution in [-0.2, 0) is 11.0 Å². The lowest BCUT2D eigenvalue weighted by Gasteiger charge is -2.07. The van der Waals surface area contributed by atoms with Gasteiger partial charge in [0.1, 0.15) is 11.3 Å². The molecule has 1 amide bonds. The minimum absolute atomic E-state index is 0.227. The van der Waals surface area contributed by atoms with Gasteiger partial charge in [0.25, 0.3) is 5.91 Å². The molecule has 0 aliphatic rings. The number of anilines is 1. The van der Waals surface area contributed by atoms with E-state index >= 15 is 0 Å². The molecule has 0 spiro atoms. The van der Waals surface area contributed by atoms with Crippen LogP contribution in [0.1, 0.15) is 5.56 Å². The smallest absolute Gasteiger partial charge is 0.416 e. The molecular formula is C21H13F3N2O4S. The van der Waals surface area contributed by atoms with E-state index in [2.05, 4.69) is 10.3 Å². The average Bonchev–Trinajstić information content (AvgIpc) is 3.20. The van der Waals surface area contributed by atoms with Crippen molar-refractivity contribution < 1.29 is 27.1 Å². The van der Waals surface area contributed by atoms with Gasteiger partial charge in [0.2, 0.25) is 0 Å². The Hall–Kier alpha value is -3.66.